The first-order chi connectivity index (χ1) is 12.0. The maximum absolute atomic E-state index is 12.6. The Bertz CT molecular complexity index is 1080. The first-order valence-electron chi connectivity index (χ1n) is 7.57. The minimum absolute atomic E-state index is 0.119. The summed E-state index contributed by atoms with van der Waals surface area (Å²) >= 11 is 0. The topological polar surface area (TPSA) is 94.6 Å². The van der Waals surface area contributed by atoms with E-state index in [2.05, 4.69) is 4.98 Å². The van der Waals surface area contributed by atoms with Gasteiger partial charge in [-0.05, 0) is 47.4 Å². The summed E-state index contributed by atoms with van der Waals surface area (Å²) < 4.78 is 30.5. The number of hydrogen-bond acceptors (Lipinski definition) is 5. The number of benzene rings is 3. The fourth-order valence-corrected chi connectivity index (χ4v) is 3.69. The molecule has 3 aromatic carbocycles. The SMILES string of the molecule is CCc1ccc(OS(=O)(=O)c2cccc3c([O-])c([N+]#N)ccc23)cc1. The van der Waals surface area contributed by atoms with Gasteiger partial charge in [0.2, 0.25) is 5.39 Å². The lowest BCUT2D eigenvalue weighted by Crippen LogP contribution is -2.10. The van der Waals surface area contributed by atoms with Crippen LogP contribution < -0.4 is 9.29 Å². The average molecular weight is 354 g/mol. The maximum Gasteiger partial charge on any atom is 0.378 e. The second-order valence-electron chi connectivity index (χ2n) is 5.40. The zero-order chi connectivity index (χ0) is 18.0. The number of hydrogen-bond donors (Lipinski definition) is 0. The Morgan fingerprint density at radius 2 is 1.76 bits per heavy atom. The van der Waals surface area contributed by atoms with Crippen LogP contribution >= 0.6 is 0 Å². The molecule has 0 saturated carbocycles. The third kappa shape index (κ3) is 3.12. The fourth-order valence-electron chi connectivity index (χ4n) is 2.54. The molecule has 0 aromatic heterocycles. The zero-order valence-corrected chi connectivity index (χ0v) is 14.2. The van der Waals surface area contributed by atoms with E-state index >= 15 is 0 Å². The lowest BCUT2D eigenvalue weighted by molar-refractivity contribution is -0.264. The van der Waals surface area contributed by atoms with Gasteiger partial charge in [-0.3, -0.25) is 0 Å². The van der Waals surface area contributed by atoms with Gasteiger partial charge in [-0.1, -0.05) is 31.2 Å². The van der Waals surface area contributed by atoms with Crippen LogP contribution in [-0.4, -0.2) is 8.42 Å². The van der Waals surface area contributed by atoms with E-state index in [0.29, 0.717) is 0 Å². The highest BCUT2D eigenvalue weighted by Gasteiger charge is 2.21. The second-order valence-corrected chi connectivity index (χ2v) is 6.91. The highest BCUT2D eigenvalue weighted by Crippen LogP contribution is 2.35. The van der Waals surface area contributed by atoms with Crippen LogP contribution in [0.4, 0.5) is 5.69 Å². The largest absolute Gasteiger partial charge is 0.867 e. The van der Waals surface area contributed by atoms with Crippen LogP contribution in [0.25, 0.3) is 15.7 Å². The Balaban J connectivity index is 2.08. The predicted octanol–water partition coefficient (Wildman–Crippen LogP) is 3.73. The molecule has 0 aliphatic carbocycles. The van der Waals surface area contributed by atoms with Crippen molar-refractivity contribution in [3.05, 3.63) is 65.1 Å². The van der Waals surface area contributed by atoms with Crippen LogP contribution in [0.5, 0.6) is 11.5 Å². The van der Waals surface area contributed by atoms with Gasteiger partial charge in [0.1, 0.15) is 10.6 Å². The molecule has 0 saturated heterocycles. The fraction of sp³-hybridized carbons (Fsp3) is 0.111. The Hall–Kier alpha value is -3.11. The minimum Gasteiger partial charge on any atom is -0.867 e. The predicted molar refractivity (Wildman–Crippen MR) is 91.8 cm³/mol. The molecule has 0 bridgehead atoms. The van der Waals surface area contributed by atoms with E-state index in [1.54, 1.807) is 24.3 Å². The van der Waals surface area contributed by atoms with Gasteiger partial charge in [-0.2, -0.15) is 8.42 Å². The molecule has 3 aromatic rings. The van der Waals surface area contributed by atoms with Crippen molar-refractivity contribution < 1.29 is 17.7 Å². The van der Waals surface area contributed by atoms with Gasteiger partial charge >= 0.3 is 15.8 Å². The Labute approximate surface area is 145 Å². The van der Waals surface area contributed by atoms with Gasteiger partial charge in [-0.25, -0.2) is 0 Å². The first kappa shape index (κ1) is 16.7. The zero-order valence-electron chi connectivity index (χ0n) is 13.3. The molecule has 0 N–H and O–H groups in total. The normalized spacial score (nSPS) is 11.2. The van der Waals surface area contributed by atoms with Crippen LogP contribution in [0.3, 0.4) is 0 Å². The third-order valence-corrected chi connectivity index (χ3v) is 5.17. The van der Waals surface area contributed by atoms with Gasteiger partial charge in [0.25, 0.3) is 0 Å². The van der Waals surface area contributed by atoms with Gasteiger partial charge in [0.05, 0.1) is 0 Å². The summed E-state index contributed by atoms with van der Waals surface area (Å²) in [4.78, 5) is 2.78. The molecular weight excluding hydrogens is 340 g/mol. The second kappa shape index (κ2) is 6.42. The van der Waals surface area contributed by atoms with E-state index in [1.807, 2.05) is 6.92 Å². The van der Waals surface area contributed by atoms with Crippen molar-refractivity contribution in [2.45, 2.75) is 18.2 Å². The van der Waals surface area contributed by atoms with Crippen LogP contribution in [0.1, 0.15) is 12.5 Å². The van der Waals surface area contributed by atoms with Gasteiger partial charge < -0.3 is 9.29 Å². The maximum atomic E-state index is 12.6. The number of rotatable bonds is 4. The van der Waals surface area contributed by atoms with Crippen molar-refractivity contribution >= 4 is 26.6 Å². The van der Waals surface area contributed by atoms with Gasteiger partial charge in [0, 0.05) is 11.5 Å². The summed E-state index contributed by atoms with van der Waals surface area (Å²) in [6, 6.07) is 13.7. The van der Waals surface area contributed by atoms with Crippen LogP contribution in [0, 0.1) is 5.39 Å². The molecule has 0 unspecified atom stereocenters. The standard InChI is InChI=1S/C18H14N2O4S/c1-2-12-6-8-13(9-7-12)24-25(22,23)17-5-3-4-15-14(17)10-11-16(20-19)18(15)21/h3-11H,2H2,1H3. The summed E-state index contributed by atoms with van der Waals surface area (Å²) in [6.07, 6.45) is 0.834. The van der Waals surface area contributed by atoms with E-state index in [4.69, 9.17) is 9.58 Å². The molecular formula is C18H14N2O4S. The quantitative estimate of drug-likeness (QED) is 0.525. The highest BCUT2D eigenvalue weighted by atomic mass is 32.2. The molecule has 0 amide bonds. The van der Waals surface area contributed by atoms with Crippen molar-refractivity contribution in [3.8, 4) is 11.5 Å². The van der Waals surface area contributed by atoms with E-state index in [-0.39, 0.29) is 27.1 Å². The van der Waals surface area contributed by atoms with Gasteiger partial charge in [0.15, 0.2) is 4.98 Å². The van der Waals surface area contributed by atoms with Crippen LogP contribution in [0.2, 0.25) is 0 Å². The number of fused-ring (bicyclic) bond motifs is 1. The summed E-state index contributed by atoms with van der Waals surface area (Å²) in [5.41, 5.74) is 0.907. The van der Waals surface area contributed by atoms with E-state index < -0.39 is 15.9 Å². The molecule has 6 nitrogen and oxygen atoms in total. The average Bonchev–Trinajstić information content (AvgIpc) is 2.62. The Morgan fingerprint density at radius 3 is 2.40 bits per heavy atom. The lowest BCUT2D eigenvalue weighted by atomic mass is 10.1. The molecule has 126 valence electrons. The molecule has 0 aliphatic rings. The summed E-state index contributed by atoms with van der Waals surface area (Å²) in [7, 11) is -4.13. The van der Waals surface area contributed by atoms with E-state index in [0.717, 1.165) is 12.0 Å². The molecule has 7 heteroatoms. The third-order valence-electron chi connectivity index (χ3n) is 3.87. The Morgan fingerprint density at radius 1 is 1.04 bits per heavy atom. The van der Waals surface area contributed by atoms with E-state index in [1.165, 1.54) is 30.3 Å². The van der Waals surface area contributed by atoms with Crippen molar-refractivity contribution in [1.82, 2.24) is 0 Å². The molecule has 0 spiro atoms. The molecule has 3 rings (SSSR count). The van der Waals surface area contributed by atoms with Crippen molar-refractivity contribution in [3.63, 3.8) is 0 Å². The lowest BCUT2D eigenvalue weighted by Gasteiger charge is -2.12. The number of nitrogens with zero attached hydrogens (tertiary/aromatic N) is 2. The summed E-state index contributed by atoms with van der Waals surface area (Å²) in [6.45, 7) is 2.00. The van der Waals surface area contributed by atoms with Crippen molar-refractivity contribution in [2.75, 3.05) is 0 Å². The van der Waals surface area contributed by atoms with Crippen molar-refractivity contribution in [1.29, 1.82) is 5.39 Å². The molecule has 0 atom stereocenters. The molecule has 0 aliphatic heterocycles. The summed E-state index contributed by atoms with van der Waals surface area (Å²) in [5, 5.41) is 21.4. The molecule has 0 radical (unpaired) electrons. The molecule has 0 fully saturated rings. The smallest absolute Gasteiger partial charge is 0.378 e. The van der Waals surface area contributed by atoms with Crippen molar-refractivity contribution in [2.24, 2.45) is 0 Å². The van der Waals surface area contributed by atoms with Gasteiger partial charge in [-0.15, -0.1) is 0 Å². The highest BCUT2D eigenvalue weighted by molar-refractivity contribution is 7.87. The van der Waals surface area contributed by atoms with E-state index in [9.17, 15) is 13.5 Å². The summed E-state index contributed by atoms with van der Waals surface area (Å²) in [5.74, 6) is -0.358. The number of diazo groups is 1. The Kier molecular flexibility index (Phi) is 4.30. The number of aryl methyl sites for hydroxylation is 1. The monoisotopic (exact) mass is 354 g/mol. The molecule has 25 heavy (non-hydrogen) atoms. The minimum atomic E-state index is -4.13. The first-order valence-corrected chi connectivity index (χ1v) is 8.98. The van der Waals surface area contributed by atoms with Crippen LogP contribution in [0.15, 0.2) is 59.5 Å². The molecule has 0 heterocycles. The van der Waals surface area contributed by atoms with Crippen LogP contribution in [-0.2, 0) is 16.5 Å².